The Morgan fingerprint density at radius 1 is 1.11 bits per heavy atom. The van der Waals surface area contributed by atoms with Gasteiger partial charge in [-0.15, -0.1) is 0 Å². The van der Waals surface area contributed by atoms with Crippen molar-refractivity contribution in [2.24, 2.45) is 0 Å². The molecule has 9 heteroatoms. The van der Waals surface area contributed by atoms with E-state index in [9.17, 15) is 13.2 Å². The van der Waals surface area contributed by atoms with Gasteiger partial charge in [0, 0.05) is 24.3 Å². The van der Waals surface area contributed by atoms with Gasteiger partial charge in [-0.3, -0.25) is 4.79 Å². The Balaban J connectivity index is 2.21. The molecule has 0 saturated heterocycles. The van der Waals surface area contributed by atoms with Crippen LogP contribution < -0.4 is 10.1 Å². The molecule has 0 saturated carbocycles. The minimum Gasteiger partial charge on any atom is -0.494 e. The van der Waals surface area contributed by atoms with E-state index in [-0.39, 0.29) is 26.5 Å². The lowest BCUT2D eigenvalue weighted by Gasteiger charge is -2.21. The molecule has 0 fully saturated rings. The maximum Gasteiger partial charge on any atom is 0.255 e. The van der Waals surface area contributed by atoms with Crippen LogP contribution in [0.25, 0.3) is 0 Å². The van der Waals surface area contributed by atoms with Crippen LogP contribution in [0.3, 0.4) is 0 Å². The van der Waals surface area contributed by atoms with E-state index in [1.165, 1.54) is 54.9 Å². The number of methoxy groups -OCH3 is 1. The fraction of sp³-hybridized carbons (Fsp3) is 0.278. The molecule has 6 nitrogen and oxygen atoms in total. The van der Waals surface area contributed by atoms with Gasteiger partial charge in [-0.2, -0.15) is 4.31 Å². The average Bonchev–Trinajstić information content (AvgIpc) is 2.61. The quantitative estimate of drug-likeness (QED) is 0.741. The Labute approximate surface area is 169 Å². The second-order valence-electron chi connectivity index (χ2n) is 6.07. The van der Waals surface area contributed by atoms with E-state index in [1.54, 1.807) is 13.8 Å². The number of carbonyl (C=O) groups excluding carboxylic acids is 1. The highest BCUT2D eigenvalue weighted by Gasteiger charge is 2.23. The maximum atomic E-state index is 12.5. The monoisotopic (exact) mass is 430 g/mol. The van der Waals surface area contributed by atoms with Gasteiger partial charge < -0.3 is 10.1 Å². The molecule has 1 amide bonds. The number of benzene rings is 2. The molecule has 2 rings (SSSR count). The average molecular weight is 431 g/mol. The van der Waals surface area contributed by atoms with E-state index in [0.29, 0.717) is 11.4 Å². The molecule has 0 spiro atoms. The molecule has 0 bridgehead atoms. The summed E-state index contributed by atoms with van der Waals surface area (Å²) in [6.45, 7) is 3.58. The molecule has 0 aliphatic carbocycles. The molecule has 0 radical (unpaired) electrons. The van der Waals surface area contributed by atoms with E-state index >= 15 is 0 Å². The summed E-state index contributed by atoms with van der Waals surface area (Å²) in [7, 11) is -0.632. The number of hydrogen-bond donors (Lipinski definition) is 1. The lowest BCUT2D eigenvalue weighted by Crippen LogP contribution is -2.33. The zero-order valence-corrected chi connectivity index (χ0v) is 17.6. The zero-order chi connectivity index (χ0) is 20.4. The summed E-state index contributed by atoms with van der Waals surface area (Å²) in [6.07, 6.45) is 0. The predicted molar refractivity (Wildman–Crippen MR) is 107 cm³/mol. The molecule has 0 unspecified atom stereocenters. The van der Waals surface area contributed by atoms with Gasteiger partial charge >= 0.3 is 0 Å². The highest BCUT2D eigenvalue weighted by molar-refractivity contribution is 7.89. The van der Waals surface area contributed by atoms with Crippen molar-refractivity contribution in [3.63, 3.8) is 0 Å². The molecule has 2 aromatic rings. The summed E-state index contributed by atoms with van der Waals surface area (Å²) in [5, 5.41) is 3.11. The van der Waals surface area contributed by atoms with Crippen LogP contribution in [0.4, 0.5) is 5.69 Å². The Hall–Kier alpha value is -1.80. The maximum absolute atomic E-state index is 12.5. The predicted octanol–water partition coefficient (Wildman–Crippen LogP) is 4.28. The number of sulfonamides is 1. The first-order chi connectivity index (χ1) is 12.6. The van der Waals surface area contributed by atoms with Crippen molar-refractivity contribution < 1.29 is 17.9 Å². The third-order valence-corrected chi connectivity index (χ3v) is 6.59. The Bertz CT molecular complexity index is 921. The van der Waals surface area contributed by atoms with Crippen LogP contribution in [0, 0.1) is 0 Å². The first kappa shape index (κ1) is 21.5. The molecule has 0 aliphatic heterocycles. The molecular formula is C18H20Cl2N2O4S. The Morgan fingerprint density at radius 3 is 2.07 bits per heavy atom. The van der Waals surface area contributed by atoms with Crippen LogP contribution in [0.2, 0.25) is 10.0 Å². The van der Waals surface area contributed by atoms with E-state index in [1.807, 2.05) is 0 Å². The number of rotatable bonds is 6. The topological polar surface area (TPSA) is 75.7 Å². The number of halogens is 2. The standard InChI is InChI=1S/C18H20Cl2N2O4S/c1-11(2)22(3)27(24,25)14-7-5-13(6-8-14)21-18(23)12-9-15(19)17(26-4)16(20)10-12/h5-11H,1-4H3,(H,21,23). The van der Waals surface area contributed by atoms with Crippen molar-refractivity contribution in [2.45, 2.75) is 24.8 Å². The minimum absolute atomic E-state index is 0.146. The van der Waals surface area contributed by atoms with Gasteiger partial charge in [0.1, 0.15) is 0 Å². The van der Waals surface area contributed by atoms with Crippen molar-refractivity contribution in [3.8, 4) is 5.75 Å². The molecule has 2 aromatic carbocycles. The Morgan fingerprint density at radius 2 is 1.63 bits per heavy atom. The van der Waals surface area contributed by atoms with Crippen LogP contribution in [0.5, 0.6) is 5.75 Å². The summed E-state index contributed by atoms with van der Waals surface area (Å²) < 4.78 is 31.3. The van der Waals surface area contributed by atoms with Crippen molar-refractivity contribution in [2.75, 3.05) is 19.5 Å². The third-order valence-electron chi connectivity index (χ3n) is 3.98. The fourth-order valence-corrected chi connectivity index (χ4v) is 4.25. The molecule has 27 heavy (non-hydrogen) atoms. The van der Waals surface area contributed by atoms with Crippen LogP contribution in [0.1, 0.15) is 24.2 Å². The van der Waals surface area contributed by atoms with E-state index in [0.717, 1.165) is 0 Å². The molecular weight excluding hydrogens is 411 g/mol. The largest absolute Gasteiger partial charge is 0.494 e. The zero-order valence-electron chi connectivity index (χ0n) is 15.3. The molecule has 0 aromatic heterocycles. The highest BCUT2D eigenvalue weighted by Crippen LogP contribution is 2.34. The summed E-state index contributed by atoms with van der Waals surface area (Å²) >= 11 is 12.1. The summed E-state index contributed by atoms with van der Waals surface area (Å²) in [4.78, 5) is 12.5. The highest BCUT2D eigenvalue weighted by atomic mass is 35.5. The molecule has 1 N–H and O–H groups in total. The fourth-order valence-electron chi connectivity index (χ4n) is 2.24. The minimum atomic E-state index is -3.58. The first-order valence-electron chi connectivity index (χ1n) is 8.00. The van der Waals surface area contributed by atoms with E-state index in [4.69, 9.17) is 27.9 Å². The van der Waals surface area contributed by atoms with Crippen molar-refractivity contribution >= 4 is 44.8 Å². The number of carbonyl (C=O) groups is 1. The van der Waals surface area contributed by atoms with Gasteiger partial charge in [-0.1, -0.05) is 23.2 Å². The number of hydrogen-bond acceptors (Lipinski definition) is 4. The van der Waals surface area contributed by atoms with Gasteiger partial charge in [0.25, 0.3) is 5.91 Å². The lowest BCUT2D eigenvalue weighted by molar-refractivity contribution is 0.102. The van der Waals surface area contributed by atoms with Gasteiger partial charge in [-0.05, 0) is 50.2 Å². The number of amides is 1. The van der Waals surface area contributed by atoms with Gasteiger partial charge in [0.2, 0.25) is 10.0 Å². The van der Waals surface area contributed by atoms with Crippen LogP contribution >= 0.6 is 23.2 Å². The number of ether oxygens (including phenoxy) is 1. The van der Waals surface area contributed by atoms with Gasteiger partial charge in [-0.25, -0.2) is 8.42 Å². The Kier molecular flexibility index (Phi) is 6.75. The van der Waals surface area contributed by atoms with Gasteiger partial charge in [0.15, 0.2) is 5.75 Å². The number of nitrogens with one attached hydrogen (secondary N) is 1. The van der Waals surface area contributed by atoms with E-state index in [2.05, 4.69) is 5.32 Å². The second-order valence-corrected chi connectivity index (χ2v) is 8.88. The lowest BCUT2D eigenvalue weighted by atomic mass is 10.2. The molecule has 0 atom stereocenters. The molecule has 0 aliphatic rings. The van der Waals surface area contributed by atoms with Crippen LogP contribution in [-0.2, 0) is 10.0 Å². The number of anilines is 1. The number of nitrogens with zero attached hydrogens (tertiary/aromatic N) is 1. The van der Waals surface area contributed by atoms with Crippen molar-refractivity contribution in [1.82, 2.24) is 4.31 Å². The third kappa shape index (κ3) is 4.73. The van der Waals surface area contributed by atoms with Crippen molar-refractivity contribution in [1.29, 1.82) is 0 Å². The second kappa shape index (κ2) is 8.48. The van der Waals surface area contributed by atoms with Crippen LogP contribution in [-0.4, -0.2) is 38.8 Å². The summed E-state index contributed by atoms with van der Waals surface area (Å²) in [5.74, 6) is -0.143. The van der Waals surface area contributed by atoms with E-state index < -0.39 is 15.9 Å². The first-order valence-corrected chi connectivity index (χ1v) is 10.2. The smallest absolute Gasteiger partial charge is 0.255 e. The van der Waals surface area contributed by atoms with Crippen LogP contribution in [0.15, 0.2) is 41.3 Å². The summed E-state index contributed by atoms with van der Waals surface area (Å²) in [5.41, 5.74) is 0.691. The van der Waals surface area contributed by atoms with Gasteiger partial charge in [0.05, 0.1) is 22.1 Å². The molecule has 0 heterocycles. The van der Waals surface area contributed by atoms with Crippen molar-refractivity contribution in [3.05, 3.63) is 52.0 Å². The summed E-state index contributed by atoms with van der Waals surface area (Å²) in [6, 6.07) is 8.64. The normalized spacial score (nSPS) is 11.7. The SMILES string of the molecule is COc1c(Cl)cc(C(=O)Nc2ccc(S(=O)(=O)N(C)C(C)C)cc2)cc1Cl. The molecule has 146 valence electrons.